The summed E-state index contributed by atoms with van der Waals surface area (Å²) in [5, 5.41) is 0.644. The first-order valence-electron chi connectivity index (χ1n) is 5.58. The Morgan fingerprint density at radius 1 is 1.44 bits per heavy atom. The van der Waals surface area contributed by atoms with Gasteiger partial charge in [-0.25, -0.2) is 4.79 Å². The van der Waals surface area contributed by atoms with Crippen molar-refractivity contribution in [3.05, 3.63) is 28.3 Å². The average Bonchev–Trinajstić information content (AvgIpc) is 2.31. The topological polar surface area (TPSA) is 44.8 Å². The zero-order chi connectivity index (χ0) is 13.5. The molecule has 1 atom stereocenters. The van der Waals surface area contributed by atoms with E-state index in [-0.39, 0.29) is 0 Å². The molecule has 1 unspecified atom stereocenters. The Kier molecular flexibility index (Phi) is 3.25. The van der Waals surface area contributed by atoms with E-state index in [1.165, 1.54) is 7.11 Å². The first-order chi connectivity index (χ1) is 8.36. The number of carbonyl (C=O) groups is 1. The molecule has 0 aliphatic carbocycles. The van der Waals surface area contributed by atoms with Crippen LogP contribution in [0.2, 0.25) is 5.02 Å². The Labute approximate surface area is 111 Å². The van der Waals surface area contributed by atoms with Crippen molar-refractivity contribution in [2.24, 2.45) is 0 Å². The molecule has 0 aromatic heterocycles. The molecule has 0 saturated heterocycles. The molecule has 5 heteroatoms. The lowest BCUT2D eigenvalue weighted by molar-refractivity contribution is -0.208. The summed E-state index contributed by atoms with van der Waals surface area (Å²) in [6.07, 6.45) is -1.04. The fourth-order valence-electron chi connectivity index (χ4n) is 2.17. The largest absolute Gasteiger partial charge is 0.464 e. The predicted octanol–water partition coefficient (Wildman–Crippen LogP) is 2.79. The first kappa shape index (κ1) is 13.2. The molecule has 4 nitrogen and oxygen atoms in total. The Morgan fingerprint density at radius 2 is 2.11 bits per heavy atom. The zero-order valence-electron chi connectivity index (χ0n) is 10.7. The molecule has 0 bridgehead atoms. The highest BCUT2D eigenvalue weighted by atomic mass is 35.5. The molecule has 1 heterocycles. The molecule has 1 aliphatic heterocycles. The summed E-state index contributed by atoms with van der Waals surface area (Å²) in [7, 11) is 1.30. The van der Waals surface area contributed by atoms with E-state index < -0.39 is 17.9 Å². The molecule has 1 aromatic carbocycles. The highest BCUT2D eigenvalue weighted by molar-refractivity contribution is 6.31. The zero-order valence-corrected chi connectivity index (χ0v) is 11.5. The maximum atomic E-state index is 11.5. The summed E-state index contributed by atoms with van der Waals surface area (Å²) in [4.78, 5) is 11.5. The second-order valence-electron chi connectivity index (χ2n) is 4.65. The summed E-state index contributed by atoms with van der Waals surface area (Å²) in [6.45, 7) is 5.63. The fourth-order valence-corrected chi connectivity index (χ4v) is 2.32. The summed E-state index contributed by atoms with van der Waals surface area (Å²) in [5.74, 6) is 0.0462. The Morgan fingerprint density at radius 3 is 2.72 bits per heavy atom. The lowest BCUT2D eigenvalue weighted by Crippen LogP contribution is -2.43. The standard InChI is InChI=1S/C13H15ClO4/c1-7-8(14)5-6-9-10(7)13(2,3)18-12(17-9)11(15)16-4/h5-6,12H,1-4H3. The summed E-state index contributed by atoms with van der Waals surface area (Å²) in [5.41, 5.74) is 1.08. The molecular formula is C13H15ClO4. The van der Waals surface area contributed by atoms with Crippen LogP contribution in [0.15, 0.2) is 12.1 Å². The average molecular weight is 271 g/mol. The SMILES string of the molecule is COC(=O)C1Oc2ccc(Cl)c(C)c2C(C)(C)O1. The molecular weight excluding hydrogens is 256 g/mol. The van der Waals surface area contributed by atoms with Gasteiger partial charge in [-0.05, 0) is 38.5 Å². The van der Waals surface area contributed by atoms with Gasteiger partial charge in [0.15, 0.2) is 0 Å². The molecule has 0 fully saturated rings. The van der Waals surface area contributed by atoms with Crippen molar-refractivity contribution in [3.8, 4) is 5.75 Å². The predicted molar refractivity (Wildman–Crippen MR) is 66.7 cm³/mol. The van der Waals surface area contributed by atoms with E-state index in [1.807, 2.05) is 20.8 Å². The minimum Gasteiger partial charge on any atom is -0.464 e. The van der Waals surface area contributed by atoms with Gasteiger partial charge >= 0.3 is 5.97 Å². The van der Waals surface area contributed by atoms with Crippen LogP contribution in [0, 0.1) is 6.92 Å². The maximum Gasteiger partial charge on any atom is 0.376 e. The van der Waals surface area contributed by atoms with Gasteiger partial charge in [0.25, 0.3) is 6.29 Å². The van der Waals surface area contributed by atoms with Crippen LogP contribution in [-0.4, -0.2) is 19.4 Å². The number of hydrogen-bond donors (Lipinski definition) is 0. The van der Waals surface area contributed by atoms with Gasteiger partial charge in [-0.1, -0.05) is 11.6 Å². The minimum absolute atomic E-state index is 0.554. The van der Waals surface area contributed by atoms with Crippen LogP contribution in [0.25, 0.3) is 0 Å². The van der Waals surface area contributed by atoms with Gasteiger partial charge in [0.1, 0.15) is 5.75 Å². The number of fused-ring (bicyclic) bond motifs is 1. The molecule has 1 aromatic rings. The third-order valence-corrected chi connectivity index (χ3v) is 3.40. The molecule has 0 N–H and O–H groups in total. The molecule has 0 amide bonds. The van der Waals surface area contributed by atoms with Gasteiger partial charge in [-0.3, -0.25) is 0 Å². The van der Waals surface area contributed by atoms with E-state index >= 15 is 0 Å². The molecule has 18 heavy (non-hydrogen) atoms. The molecule has 0 radical (unpaired) electrons. The molecule has 98 valence electrons. The quantitative estimate of drug-likeness (QED) is 0.736. The highest BCUT2D eigenvalue weighted by Gasteiger charge is 2.40. The molecule has 2 rings (SSSR count). The van der Waals surface area contributed by atoms with Crippen LogP contribution in [0.3, 0.4) is 0 Å². The number of carbonyl (C=O) groups excluding carboxylic acids is 1. The van der Waals surface area contributed by atoms with E-state index in [0.717, 1.165) is 11.1 Å². The van der Waals surface area contributed by atoms with Gasteiger partial charge in [0.05, 0.1) is 12.7 Å². The van der Waals surface area contributed by atoms with Crippen LogP contribution in [0.5, 0.6) is 5.75 Å². The van der Waals surface area contributed by atoms with Crippen molar-refractivity contribution in [2.75, 3.05) is 7.11 Å². The summed E-state index contributed by atoms with van der Waals surface area (Å²) in [6, 6.07) is 3.48. The normalized spacial score (nSPS) is 20.8. The summed E-state index contributed by atoms with van der Waals surface area (Å²) >= 11 is 6.10. The van der Waals surface area contributed by atoms with Crippen molar-refractivity contribution in [2.45, 2.75) is 32.7 Å². The maximum absolute atomic E-state index is 11.5. The third-order valence-electron chi connectivity index (χ3n) is 2.99. The van der Waals surface area contributed by atoms with Gasteiger partial charge in [0, 0.05) is 10.6 Å². The second kappa shape index (κ2) is 4.44. The van der Waals surface area contributed by atoms with Crippen LogP contribution in [0.4, 0.5) is 0 Å². The number of esters is 1. The number of hydrogen-bond acceptors (Lipinski definition) is 4. The molecule has 0 saturated carbocycles. The molecule has 0 spiro atoms. The minimum atomic E-state index is -1.04. The van der Waals surface area contributed by atoms with E-state index in [0.29, 0.717) is 10.8 Å². The van der Waals surface area contributed by atoms with E-state index in [2.05, 4.69) is 4.74 Å². The van der Waals surface area contributed by atoms with Crippen LogP contribution in [0.1, 0.15) is 25.0 Å². The highest BCUT2D eigenvalue weighted by Crippen LogP contribution is 2.42. The van der Waals surface area contributed by atoms with Gasteiger partial charge in [-0.2, -0.15) is 0 Å². The fraction of sp³-hybridized carbons (Fsp3) is 0.462. The monoisotopic (exact) mass is 270 g/mol. The van der Waals surface area contributed by atoms with Crippen molar-refractivity contribution in [1.29, 1.82) is 0 Å². The molecule has 1 aliphatic rings. The van der Waals surface area contributed by atoms with Crippen molar-refractivity contribution in [1.82, 2.24) is 0 Å². The Hall–Kier alpha value is -1.26. The Bertz CT molecular complexity index is 496. The third kappa shape index (κ3) is 2.06. The Balaban J connectivity index is 2.49. The van der Waals surface area contributed by atoms with Crippen molar-refractivity contribution in [3.63, 3.8) is 0 Å². The van der Waals surface area contributed by atoms with Crippen molar-refractivity contribution < 1.29 is 19.0 Å². The van der Waals surface area contributed by atoms with Crippen molar-refractivity contribution >= 4 is 17.6 Å². The van der Waals surface area contributed by atoms with E-state index in [1.54, 1.807) is 12.1 Å². The van der Waals surface area contributed by atoms with Gasteiger partial charge in [-0.15, -0.1) is 0 Å². The van der Waals surface area contributed by atoms with Crippen LogP contribution < -0.4 is 4.74 Å². The van der Waals surface area contributed by atoms with E-state index in [4.69, 9.17) is 21.1 Å². The number of halogens is 1. The number of ether oxygens (including phenoxy) is 3. The number of methoxy groups -OCH3 is 1. The van der Waals surface area contributed by atoms with Crippen LogP contribution >= 0.6 is 11.6 Å². The van der Waals surface area contributed by atoms with E-state index in [9.17, 15) is 4.79 Å². The van der Waals surface area contributed by atoms with Gasteiger partial charge in [0.2, 0.25) is 0 Å². The number of benzene rings is 1. The van der Waals surface area contributed by atoms with Gasteiger partial charge < -0.3 is 14.2 Å². The smallest absolute Gasteiger partial charge is 0.376 e. The lowest BCUT2D eigenvalue weighted by atomic mass is 9.91. The second-order valence-corrected chi connectivity index (χ2v) is 5.05. The summed E-state index contributed by atoms with van der Waals surface area (Å²) < 4.78 is 15.8. The number of rotatable bonds is 1. The first-order valence-corrected chi connectivity index (χ1v) is 5.96. The van der Waals surface area contributed by atoms with Crippen LogP contribution in [-0.2, 0) is 19.9 Å². The lowest BCUT2D eigenvalue weighted by Gasteiger charge is -2.37.